The van der Waals surface area contributed by atoms with Crippen molar-refractivity contribution in [3.05, 3.63) is 72.4 Å². The van der Waals surface area contributed by atoms with Crippen LogP contribution in [-0.4, -0.2) is 52.6 Å². The van der Waals surface area contributed by atoms with Crippen LogP contribution in [0.3, 0.4) is 0 Å². The number of amides is 1. The van der Waals surface area contributed by atoms with E-state index in [-0.39, 0.29) is 6.09 Å². The normalized spacial score (nSPS) is 14.5. The van der Waals surface area contributed by atoms with Gasteiger partial charge in [0, 0.05) is 44.6 Å². The van der Waals surface area contributed by atoms with Crippen LogP contribution in [0, 0.1) is 0 Å². The van der Waals surface area contributed by atoms with Crippen LogP contribution in [0.5, 0.6) is 0 Å². The van der Waals surface area contributed by atoms with Crippen LogP contribution in [0.2, 0.25) is 0 Å². The SMILES string of the molecule is CC(C)(C)OC(=O)N1CCN(c2ccc(-c3ccnn3CCc3ccccc3)cc2)CC1. The van der Waals surface area contributed by atoms with Crippen LogP contribution in [0.1, 0.15) is 26.3 Å². The van der Waals surface area contributed by atoms with E-state index in [0.717, 1.165) is 37.3 Å². The molecule has 0 radical (unpaired) electrons. The summed E-state index contributed by atoms with van der Waals surface area (Å²) in [5, 5.41) is 4.53. The van der Waals surface area contributed by atoms with Crippen molar-refractivity contribution in [3.8, 4) is 11.3 Å². The monoisotopic (exact) mass is 432 g/mol. The molecule has 6 nitrogen and oxygen atoms in total. The smallest absolute Gasteiger partial charge is 0.410 e. The van der Waals surface area contributed by atoms with Crippen molar-refractivity contribution in [3.63, 3.8) is 0 Å². The summed E-state index contributed by atoms with van der Waals surface area (Å²) >= 11 is 0. The lowest BCUT2D eigenvalue weighted by molar-refractivity contribution is 0.0240. The van der Waals surface area contributed by atoms with E-state index in [0.29, 0.717) is 13.1 Å². The van der Waals surface area contributed by atoms with Crippen molar-refractivity contribution in [2.75, 3.05) is 31.1 Å². The number of ether oxygens (including phenoxy) is 1. The molecule has 1 aromatic heterocycles. The Hall–Kier alpha value is -3.28. The fourth-order valence-electron chi connectivity index (χ4n) is 3.95. The number of carbonyl (C=O) groups is 1. The Morgan fingerprint density at radius 1 is 0.938 bits per heavy atom. The molecule has 0 saturated carbocycles. The molecule has 1 amide bonds. The van der Waals surface area contributed by atoms with Crippen LogP contribution in [0.4, 0.5) is 10.5 Å². The lowest BCUT2D eigenvalue weighted by atomic mass is 10.1. The summed E-state index contributed by atoms with van der Waals surface area (Å²) in [5.41, 5.74) is 4.31. The standard InChI is InChI=1S/C26H32N4O2/c1-26(2,3)32-25(31)29-19-17-28(18-20-29)23-11-9-22(10-12-23)24-13-15-27-30(24)16-14-21-7-5-4-6-8-21/h4-13,15H,14,16-20H2,1-3H3. The average Bonchev–Trinajstić information content (AvgIpc) is 3.26. The van der Waals surface area contributed by atoms with Crippen molar-refractivity contribution >= 4 is 11.8 Å². The Morgan fingerprint density at radius 2 is 1.62 bits per heavy atom. The summed E-state index contributed by atoms with van der Waals surface area (Å²) in [6.45, 7) is 9.48. The highest BCUT2D eigenvalue weighted by atomic mass is 16.6. The van der Waals surface area contributed by atoms with Crippen LogP contribution in [0.15, 0.2) is 66.9 Å². The van der Waals surface area contributed by atoms with Gasteiger partial charge in [0.15, 0.2) is 0 Å². The molecule has 6 heteroatoms. The number of anilines is 1. The van der Waals surface area contributed by atoms with Gasteiger partial charge in [0.2, 0.25) is 0 Å². The lowest BCUT2D eigenvalue weighted by Gasteiger charge is -2.36. The fraction of sp³-hybridized carbons (Fsp3) is 0.385. The van der Waals surface area contributed by atoms with Crippen molar-refractivity contribution in [2.24, 2.45) is 0 Å². The first-order valence-electron chi connectivity index (χ1n) is 11.3. The molecule has 2 aromatic carbocycles. The van der Waals surface area contributed by atoms with Crippen molar-refractivity contribution < 1.29 is 9.53 Å². The maximum absolute atomic E-state index is 12.3. The quantitative estimate of drug-likeness (QED) is 0.578. The molecule has 32 heavy (non-hydrogen) atoms. The molecule has 1 saturated heterocycles. The second-order valence-corrected chi connectivity index (χ2v) is 9.18. The Morgan fingerprint density at radius 3 is 2.28 bits per heavy atom. The van der Waals surface area contributed by atoms with Gasteiger partial charge in [-0.05, 0) is 56.5 Å². The van der Waals surface area contributed by atoms with Crippen molar-refractivity contribution in [1.29, 1.82) is 0 Å². The van der Waals surface area contributed by atoms with Gasteiger partial charge in [-0.15, -0.1) is 0 Å². The number of hydrogen-bond acceptors (Lipinski definition) is 4. The first kappa shape index (κ1) is 21.9. The minimum absolute atomic E-state index is 0.226. The van der Waals surface area contributed by atoms with Gasteiger partial charge in [0.05, 0.1) is 5.69 Å². The van der Waals surface area contributed by atoms with Gasteiger partial charge < -0.3 is 14.5 Å². The molecule has 168 valence electrons. The molecule has 4 rings (SSSR count). The molecule has 0 atom stereocenters. The summed E-state index contributed by atoms with van der Waals surface area (Å²) in [4.78, 5) is 16.4. The highest BCUT2D eigenvalue weighted by Crippen LogP contribution is 2.24. The number of aryl methyl sites for hydroxylation is 2. The molecular weight excluding hydrogens is 400 g/mol. The van der Waals surface area contributed by atoms with Crippen molar-refractivity contribution in [1.82, 2.24) is 14.7 Å². The van der Waals surface area contributed by atoms with E-state index in [4.69, 9.17) is 4.74 Å². The van der Waals surface area contributed by atoms with E-state index >= 15 is 0 Å². The molecule has 0 aliphatic carbocycles. The molecule has 0 spiro atoms. The Balaban J connectivity index is 1.35. The third-order valence-corrected chi connectivity index (χ3v) is 5.63. The Labute approximate surface area is 190 Å². The van der Waals surface area contributed by atoms with E-state index in [9.17, 15) is 4.79 Å². The molecule has 1 aliphatic rings. The van der Waals surface area contributed by atoms with Gasteiger partial charge in [-0.1, -0.05) is 42.5 Å². The predicted octanol–water partition coefficient (Wildman–Crippen LogP) is 4.85. The van der Waals surface area contributed by atoms with Crippen molar-refractivity contribution in [2.45, 2.75) is 39.3 Å². The molecule has 1 fully saturated rings. The van der Waals surface area contributed by atoms with Gasteiger partial charge in [-0.2, -0.15) is 5.10 Å². The molecule has 2 heterocycles. The molecule has 0 unspecified atom stereocenters. The topological polar surface area (TPSA) is 50.6 Å². The predicted molar refractivity (Wildman–Crippen MR) is 128 cm³/mol. The minimum Gasteiger partial charge on any atom is -0.444 e. The number of carbonyl (C=O) groups excluding carboxylic acids is 1. The number of hydrogen-bond donors (Lipinski definition) is 0. The molecule has 3 aromatic rings. The summed E-state index contributed by atoms with van der Waals surface area (Å²) in [5.74, 6) is 0. The second kappa shape index (κ2) is 9.47. The molecule has 1 aliphatic heterocycles. The van der Waals surface area contributed by atoms with E-state index in [1.807, 2.05) is 33.0 Å². The van der Waals surface area contributed by atoms with Crippen LogP contribution in [-0.2, 0) is 17.7 Å². The number of piperazine rings is 1. The first-order valence-corrected chi connectivity index (χ1v) is 11.3. The van der Waals surface area contributed by atoms with Gasteiger partial charge in [-0.25, -0.2) is 4.79 Å². The zero-order chi connectivity index (χ0) is 22.6. The summed E-state index contributed by atoms with van der Waals surface area (Å²) in [6, 6.07) is 21.2. The van der Waals surface area contributed by atoms with Gasteiger partial charge >= 0.3 is 6.09 Å². The van der Waals surface area contributed by atoms with E-state index in [1.54, 1.807) is 4.90 Å². The zero-order valence-electron chi connectivity index (χ0n) is 19.2. The van der Waals surface area contributed by atoms with E-state index < -0.39 is 5.60 Å². The number of nitrogens with zero attached hydrogens (tertiary/aromatic N) is 4. The minimum atomic E-state index is -0.461. The third kappa shape index (κ3) is 5.49. The highest BCUT2D eigenvalue weighted by Gasteiger charge is 2.26. The van der Waals surface area contributed by atoms with Crippen LogP contribution >= 0.6 is 0 Å². The van der Waals surface area contributed by atoms with E-state index in [1.165, 1.54) is 11.3 Å². The highest BCUT2D eigenvalue weighted by molar-refractivity contribution is 5.69. The Bertz CT molecular complexity index is 1010. The molecule has 0 N–H and O–H groups in total. The number of rotatable bonds is 5. The largest absolute Gasteiger partial charge is 0.444 e. The summed E-state index contributed by atoms with van der Waals surface area (Å²) in [7, 11) is 0. The third-order valence-electron chi connectivity index (χ3n) is 5.63. The van der Waals surface area contributed by atoms with Gasteiger partial charge in [0.25, 0.3) is 0 Å². The summed E-state index contributed by atoms with van der Waals surface area (Å²) < 4.78 is 7.57. The van der Waals surface area contributed by atoms with Gasteiger partial charge in [0.1, 0.15) is 5.60 Å². The zero-order valence-corrected chi connectivity index (χ0v) is 19.2. The Kier molecular flexibility index (Phi) is 6.49. The number of aromatic nitrogens is 2. The van der Waals surface area contributed by atoms with Crippen LogP contribution < -0.4 is 4.90 Å². The maximum atomic E-state index is 12.3. The molecular formula is C26H32N4O2. The van der Waals surface area contributed by atoms with E-state index in [2.05, 4.69) is 69.3 Å². The second-order valence-electron chi connectivity index (χ2n) is 9.18. The number of benzene rings is 2. The average molecular weight is 433 g/mol. The molecule has 0 bridgehead atoms. The summed E-state index contributed by atoms with van der Waals surface area (Å²) in [6.07, 6.45) is 2.59. The maximum Gasteiger partial charge on any atom is 0.410 e. The lowest BCUT2D eigenvalue weighted by Crippen LogP contribution is -2.50. The first-order chi connectivity index (χ1) is 15.4. The van der Waals surface area contributed by atoms with Crippen LogP contribution in [0.25, 0.3) is 11.3 Å². The van der Waals surface area contributed by atoms with Gasteiger partial charge in [-0.3, -0.25) is 4.68 Å². The fourth-order valence-corrected chi connectivity index (χ4v) is 3.95.